The minimum Gasteiger partial charge on any atom is -0.490 e. The van der Waals surface area contributed by atoms with Crippen LogP contribution in [0.3, 0.4) is 0 Å². The van der Waals surface area contributed by atoms with E-state index in [4.69, 9.17) is 15.2 Å². The number of aromatic amines is 1. The fourth-order valence-electron chi connectivity index (χ4n) is 3.08. The van der Waals surface area contributed by atoms with Crippen molar-refractivity contribution in [3.8, 4) is 11.5 Å². The van der Waals surface area contributed by atoms with Gasteiger partial charge in [-0.1, -0.05) is 19.9 Å². The number of ether oxygens (including phenoxy) is 2. The van der Waals surface area contributed by atoms with Gasteiger partial charge in [0.05, 0.1) is 31.2 Å². The number of rotatable bonds is 9. The summed E-state index contributed by atoms with van der Waals surface area (Å²) in [4.78, 5) is 31.4. The number of nitrogens with one attached hydrogen (secondary N) is 2. The van der Waals surface area contributed by atoms with Crippen LogP contribution in [0.25, 0.3) is 0 Å². The smallest absolute Gasteiger partial charge is 0.256 e. The lowest BCUT2D eigenvalue weighted by atomic mass is 9.95. The molecule has 2 rings (SSSR count). The Balaban J connectivity index is 2.25. The van der Waals surface area contributed by atoms with Gasteiger partial charge in [-0.3, -0.25) is 9.59 Å². The molecular formula is C21H30N4O4. The number of nitrogen functional groups attached to an aromatic ring is 1. The molecule has 8 heteroatoms. The summed E-state index contributed by atoms with van der Waals surface area (Å²) in [5.74, 6) is 1.58. The van der Waals surface area contributed by atoms with Crippen LogP contribution in [-0.4, -0.2) is 29.1 Å². The lowest BCUT2D eigenvalue weighted by Gasteiger charge is -2.24. The van der Waals surface area contributed by atoms with Crippen molar-refractivity contribution in [2.45, 2.75) is 47.1 Å². The van der Waals surface area contributed by atoms with Crippen LogP contribution in [0, 0.1) is 12.8 Å². The second kappa shape index (κ2) is 9.95. The molecule has 0 radical (unpaired) electrons. The summed E-state index contributed by atoms with van der Waals surface area (Å²) in [7, 11) is 0. The highest BCUT2D eigenvalue weighted by molar-refractivity contribution is 5.80. The second-order valence-corrected chi connectivity index (χ2v) is 7.05. The van der Waals surface area contributed by atoms with Crippen molar-refractivity contribution in [3.05, 3.63) is 45.5 Å². The van der Waals surface area contributed by atoms with Crippen molar-refractivity contribution in [1.82, 2.24) is 15.3 Å². The van der Waals surface area contributed by atoms with E-state index in [-0.39, 0.29) is 35.7 Å². The topological polar surface area (TPSA) is 119 Å². The number of nitrogens with zero attached hydrogens (tertiary/aromatic N) is 1. The van der Waals surface area contributed by atoms with Gasteiger partial charge in [0.15, 0.2) is 11.5 Å². The van der Waals surface area contributed by atoms with Crippen LogP contribution in [0.5, 0.6) is 11.5 Å². The van der Waals surface area contributed by atoms with Crippen LogP contribution in [-0.2, 0) is 11.2 Å². The molecule has 29 heavy (non-hydrogen) atoms. The molecule has 0 aliphatic carbocycles. The van der Waals surface area contributed by atoms with Gasteiger partial charge in [-0.2, -0.15) is 0 Å². The molecule has 0 aliphatic rings. The van der Waals surface area contributed by atoms with Crippen LogP contribution < -0.4 is 26.1 Å². The number of aryl methyl sites for hydroxylation is 1. The molecule has 0 saturated heterocycles. The Hall–Kier alpha value is -3.03. The molecule has 0 spiro atoms. The molecule has 1 atom stereocenters. The van der Waals surface area contributed by atoms with E-state index >= 15 is 0 Å². The van der Waals surface area contributed by atoms with Gasteiger partial charge in [-0.05, 0) is 44.4 Å². The second-order valence-electron chi connectivity index (χ2n) is 7.05. The first-order valence-corrected chi connectivity index (χ1v) is 9.80. The Morgan fingerprint density at radius 1 is 1.21 bits per heavy atom. The van der Waals surface area contributed by atoms with Crippen LogP contribution in [0.1, 0.15) is 50.7 Å². The number of H-pyrrole nitrogens is 1. The molecule has 0 fully saturated rings. The van der Waals surface area contributed by atoms with Crippen LogP contribution >= 0.6 is 0 Å². The van der Waals surface area contributed by atoms with Crippen LogP contribution in [0.2, 0.25) is 0 Å². The molecule has 8 nitrogen and oxygen atoms in total. The van der Waals surface area contributed by atoms with Gasteiger partial charge < -0.3 is 25.5 Å². The number of anilines is 1. The highest BCUT2D eigenvalue weighted by Gasteiger charge is 2.22. The molecule has 158 valence electrons. The van der Waals surface area contributed by atoms with E-state index < -0.39 is 5.56 Å². The summed E-state index contributed by atoms with van der Waals surface area (Å²) >= 11 is 0. The number of hydrogen-bond donors (Lipinski definition) is 3. The number of aromatic nitrogens is 2. The normalized spacial score (nSPS) is 11.9. The number of carbonyl (C=O) groups is 1. The summed E-state index contributed by atoms with van der Waals surface area (Å²) in [6, 6.07) is 5.37. The van der Waals surface area contributed by atoms with Gasteiger partial charge in [0.2, 0.25) is 5.91 Å². The van der Waals surface area contributed by atoms with Gasteiger partial charge in [0.25, 0.3) is 5.56 Å². The minimum atomic E-state index is -0.397. The predicted octanol–water partition coefficient (Wildman–Crippen LogP) is 2.51. The Kier molecular flexibility index (Phi) is 7.64. The van der Waals surface area contributed by atoms with Gasteiger partial charge in [0, 0.05) is 0 Å². The average molecular weight is 402 g/mol. The summed E-state index contributed by atoms with van der Waals surface area (Å²) < 4.78 is 11.3. The largest absolute Gasteiger partial charge is 0.490 e. The molecule has 1 aromatic heterocycles. The molecule has 0 aliphatic heterocycles. The minimum absolute atomic E-state index is 0.0715. The number of carbonyl (C=O) groups excluding carboxylic acids is 1. The predicted molar refractivity (Wildman–Crippen MR) is 112 cm³/mol. The summed E-state index contributed by atoms with van der Waals surface area (Å²) in [5, 5.41) is 3.00. The lowest BCUT2D eigenvalue weighted by molar-refractivity contribution is -0.121. The van der Waals surface area contributed by atoms with Gasteiger partial charge in [-0.15, -0.1) is 0 Å². The quantitative estimate of drug-likeness (QED) is 0.593. The SMILES string of the molecule is CCOc1ccc([C@@H](NC(=O)Cc2c(N)nc(C)[nH]c2=O)C(C)C)cc1OCC. The van der Waals surface area contributed by atoms with Crippen LogP contribution in [0.4, 0.5) is 5.82 Å². The van der Waals surface area contributed by atoms with E-state index in [1.807, 2.05) is 45.9 Å². The Labute approximate surface area is 170 Å². The molecule has 0 saturated carbocycles. The highest BCUT2D eigenvalue weighted by Crippen LogP contribution is 2.33. The van der Waals surface area contributed by atoms with E-state index in [0.29, 0.717) is 30.5 Å². The van der Waals surface area contributed by atoms with Crippen molar-refractivity contribution in [1.29, 1.82) is 0 Å². The Morgan fingerprint density at radius 3 is 2.45 bits per heavy atom. The van der Waals surface area contributed by atoms with Crippen molar-refractivity contribution in [2.75, 3.05) is 18.9 Å². The molecule has 1 amide bonds. The van der Waals surface area contributed by atoms with E-state index in [2.05, 4.69) is 15.3 Å². The summed E-state index contributed by atoms with van der Waals surface area (Å²) in [6.45, 7) is 10.5. The third kappa shape index (κ3) is 5.73. The first-order chi connectivity index (χ1) is 13.8. The highest BCUT2D eigenvalue weighted by atomic mass is 16.5. The first-order valence-electron chi connectivity index (χ1n) is 9.80. The third-order valence-electron chi connectivity index (χ3n) is 4.41. The van der Waals surface area contributed by atoms with E-state index in [1.54, 1.807) is 6.92 Å². The van der Waals surface area contributed by atoms with E-state index in [1.165, 1.54) is 0 Å². The molecule has 0 bridgehead atoms. The summed E-state index contributed by atoms with van der Waals surface area (Å²) in [6.07, 6.45) is -0.146. The zero-order chi connectivity index (χ0) is 21.6. The maximum Gasteiger partial charge on any atom is 0.256 e. The van der Waals surface area contributed by atoms with Crippen LogP contribution in [0.15, 0.2) is 23.0 Å². The van der Waals surface area contributed by atoms with E-state index in [9.17, 15) is 9.59 Å². The number of benzene rings is 1. The lowest BCUT2D eigenvalue weighted by Crippen LogP contribution is -2.34. The molecule has 0 unspecified atom stereocenters. The van der Waals surface area contributed by atoms with Gasteiger partial charge >= 0.3 is 0 Å². The van der Waals surface area contributed by atoms with Crippen molar-refractivity contribution >= 4 is 11.7 Å². The Morgan fingerprint density at radius 2 is 1.86 bits per heavy atom. The van der Waals surface area contributed by atoms with Crippen molar-refractivity contribution in [3.63, 3.8) is 0 Å². The molecule has 2 aromatic rings. The maximum atomic E-state index is 12.7. The fourth-order valence-corrected chi connectivity index (χ4v) is 3.08. The van der Waals surface area contributed by atoms with E-state index in [0.717, 1.165) is 5.56 Å². The zero-order valence-corrected chi connectivity index (χ0v) is 17.7. The third-order valence-corrected chi connectivity index (χ3v) is 4.41. The van der Waals surface area contributed by atoms with Gasteiger partial charge in [0.1, 0.15) is 11.6 Å². The summed E-state index contributed by atoms with van der Waals surface area (Å²) in [5.41, 5.74) is 6.49. The van der Waals surface area contributed by atoms with Gasteiger partial charge in [-0.25, -0.2) is 4.98 Å². The van der Waals surface area contributed by atoms with Crippen molar-refractivity contribution in [2.24, 2.45) is 5.92 Å². The monoisotopic (exact) mass is 402 g/mol. The maximum absolute atomic E-state index is 12.7. The molecular weight excluding hydrogens is 372 g/mol. The number of amides is 1. The number of hydrogen-bond acceptors (Lipinski definition) is 6. The molecule has 1 heterocycles. The molecule has 4 N–H and O–H groups in total. The Bertz CT molecular complexity index is 908. The first kappa shape index (κ1) is 22.3. The number of nitrogens with two attached hydrogens (primary N) is 1. The van der Waals surface area contributed by atoms with Crippen molar-refractivity contribution < 1.29 is 14.3 Å². The fraction of sp³-hybridized carbons (Fsp3) is 0.476. The average Bonchev–Trinajstić information content (AvgIpc) is 2.64. The standard InChI is InChI=1S/C21H30N4O4/c1-6-28-16-9-8-14(10-17(16)29-7-2)19(12(3)4)25-18(26)11-15-20(22)23-13(5)24-21(15)27/h8-10,12,19H,6-7,11H2,1-5H3,(H,25,26)(H3,22,23,24,27)/t19-/m0/s1. The zero-order valence-electron chi connectivity index (χ0n) is 17.7. The molecule has 1 aromatic carbocycles.